The number of hydrogen-bond donors (Lipinski definition) is 0. The maximum atomic E-state index is 13.6. The van der Waals surface area contributed by atoms with Crippen LogP contribution in [0.15, 0.2) is 72.8 Å². The summed E-state index contributed by atoms with van der Waals surface area (Å²) in [6.45, 7) is 0. The van der Waals surface area contributed by atoms with Crippen LogP contribution in [0.2, 0.25) is 10.0 Å². The fourth-order valence-electron chi connectivity index (χ4n) is 4.30. The van der Waals surface area contributed by atoms with Crippen molar-refractivity contribution in [2.75, 3.05) is 17.1 Å². The first-order chi connectivity index (χ1) is 15.5. The number of anilines is 2. The number of carbonyl (C=O) groups is 2. The zero-order valence-electron chi connectivity index (χ0n) is 16.9. The van der Waals surface area contributed by atoms with E-state index >= 15 is 0 Å². The van der Waals surface area contributed by atoms with Crippen molar-refractivity contribution in [2.24, 2.45) is 5.92 Å². The lowest BCUT2D eigenvalue weighted by molar-refractivity contribution is -0.126. The molecule has 2 amide bonds. The quantitative estimate of drug-likeness (QED) is 0.501. The highest BCUT2D eigenvalue weighted by Crippen LogP contribution is 2.48. The van der Waals surface area contributed by atoms with Gasteiger partial charge in [-0.15, -0.1) is 0 Å². The zero-order chi connectivity index (χ0) is 22.4. The molecule has 0 N–H and O–H groups in total. The van der Waals surface area contributed by atoms with E-state index in [2.05, 4.69) is 0 Å². The number of imide groups is 1. The van der Waals surface area contributed by atoms with Crippen molar-refractivity contribution in [1.29, 1.82) is 0 Å². The van der Waals surface area contributed by atoms with Crippen LogP contribution in [0, 0.1) is 5.92 Å². The van der Waals surface area contributed by atoms with Gasteiger partial charge in [-0.1, -0.05) is 53.5 Å². The van der Waals surface area contributed by atoms with Gasteiger partial charge >= 0.3 is 0 Å². The van der Waals surface area contributed by atoms with Gasteiger partial charge in [-0.25, -0.2) is 9.96 Å². The van der Waals surface area contributed by atoms with Gasteiger partial charge in [0.1, 0.15) is 11.7 Å². The summed E-state index contributed by atoms with van der Waals surface area (Å²) in [5.41, 5.74) is 1.87. The second kappa shape index (κ2) is 8.13. The molecule has 0 aromatic heterocycles. The SMILES string of the molecule is COc1cccc([C@H]2[C@H]3C(=O)N(c4cc(Cl)cc(Cl)c4)C(=O)[C@@H]3ON2c2ccccc2)c1. The number of para-hydroxylation sites is 1. The zero-order valence-corrected chi connectivity index (χ0v) is 18.5. The number of amides is 2. The van der Waals surface area contributed by atoms with Gasteiger partial charge in [0.25, 0.3) is 5.91 Å². The molecule has 0 radical (unpaired) electrons. The Bertz CT molecular complexity index is 1180. The van der Waals surface area contributed by atoms with Crippen molar-refractivity contribution >= 4 is 46.4 Å². The Morgan fingerprint density at radius 3 is 2.25 bits per heavy atom. The molecule has 0 saturated carbocycles. The molecule has 6 nitrogen and oxygen atoms in total. The van der Waals surface area contributed by atoms with Gasteiger partial charge in [0, 0.05) is 10.0 Å². The number of nitrogens with zero attached hydrogens (tertiary/aromatic N) is 2. The van der Waals surface area contributed by atoms with Gasteiger partial charge in [0.15, 0.2) is 6.10 Å². The average molecular weight is 469 g/mol. The summed E-state index contributed by atoms with van der Waals surface area (Å²) in [5, 5.41) is 2.31. The average Bonchev–Trinajstić information content (AvgIpc) is 3.30. The van der Waals surface area contributed by atoms with Crippen LogP contribution >= 0.6 is 23.2 Å². The van der Waals surface area contributed by atoms with Gasteiger partial charge < -0.3 is 4.74 Å². The minimum Gasteiger partial charge on any atom is -0.497 e. The van der Waals surface area contributed by atoms with E-state index in [-0.39, 0.29) is 5.91 Å². The second-order valence-electron chi connectivity index (χ2n) is 7.57. The Kier molecular flexibility index (Phi) is 5.29. The van der Waals surface area contributed by atoms with Gasteiger partial charge in [0.05, 0.1) is 24.5 Å². The van der Waals surface area contributed by atoms with E-state index in [0.717, 1.165) is 16.2 Å². The molecule has 0 aliphatic carbocycles. The molecule has 3 aromatic rings. The third kappa shape index (κ3) is 3.41. The summed E-state index contributed by atoms with van der Waals surface area (Å²) >= 11 is 12.2. The maximum Gasteiger partial charge on any atom is 0.266 e. The van der Waals surface area contributed by atoms with Crippen LogP contribution in [-0.4, -0.2) is 25.0 Å². The van der Waals surface area contributed by atoms with E-state index in [1.165, 1.54) is 0 Å². The Labute approximate surface area is 194 Å². The molecule has 32 heavy (non-hydrogen) atoms. The third-order valence-corrected chi connectivity index (χ3v) is 6.10. The number of rotatable bonds is 4. The summed E-state index contributed by atoms with van der Waals surface area (Å²) < 4.78 is 5.38. The van der Waals surface area contributed by atoms with Crippen molar-refractivity contribution in [3.63, 3.8) is 0 Å². The molecule has 162 valence electrons. The monoisotopic (exact) mass is 468 g/mol. The highest BCUT2D eigenvalue weighted by molar-refractivity contribution is 6.35. The maximum absolute atomic E-state index is 13.6. The number of hydrogen-bond acceptors (Lipinski definition) is 5. The number of hydroxylamine groups is 1. The largest absolute Gasteiger partial charge is 0.497 e. The molecular weight excluding hydrogens is 451 g/mol. The van der Waals surface area contributed by atoms with Crippen LogP contribution in [0.1, 0.15) is 11.6 Å². The van der Waals surface area contributed by atoms with Gasteiger partial charge in [-0.2, -0.15) is 0 Å². The lowest BCUT2D eigenvalue weighted by atomic mass is 9.90. The molecule has 2 fully saturated rings. The highest BCUT2D eigenvalue weighted by Gasteiger charge is 2.60. The molecule has 0 spiro atoms. The Morgan fingerprint density at radius 1 is 0.844 bits per heavy atom. The van der Waals surface area contributed by atoms with Crippen molar-refractivity contribution in [3.05, 3.63) is 88.4 Å². The van der Waals surface area contributed by atoms with E-state index in [1.54, 1.807) is 30.4 Å². The van der Waals surface area contributed by atoms with Crippen molar-refractivity contribution in [1.82, 2.24) is 0 Å². The Morgan fingerprint density at radius 2 is 1.56 bits per heavy atom. The van der Waals surface area contributed by atoms with Crippen LogP contribution in [0.4, 0.5) is 11.4 Å². The molecule has 3 aromatic carbocycles. The fraction of sp³-hybridized carbons (Fsp3) is 0.167. The topological polar surface area (TPSA) is 59.1 Å². The first-order valence-electron chi connectivity index (χ1n) is 9.97. The van der Waals surface area contributed by atoms with E-state index in [1.807, 2.05) is 54.6 Å². The molecule has 0 unspecified atom stereocenters. The van der Waals surface area contributed by atoms with Gasteiger partial charge in [0.2, 0.25) is 5.91 Å². The van der Waals surface area contributed by atoms with E-state index < -0.39 is 24.0 Å². The molecule has 0 bridgehead atoms. The van der Waals surface area contributed by atoms with Gasteiger partial charge in [-0.05, 0) is 48.0 Å². The molecule has 2 heterocycles. The number of halogens is 2. The molecule has 2 aliphatic heterocycles. The van der Waals surface area contributed by atoms with Crippen molar-refractivity contribution in [2.45, 2.75) is 12.1 Å². The summed E-state index contributed by atoms with van der Waals surface area (Å²) in [7, 11) is 1.58. The van der Waals surface area contributed by atoms with E-state index in [4.69, 9.17) is 32.8 Å². The smallest absolute Gasteiger partial charge is 0.266 e. The highest BCUT2D eigenvalue weighted by atomic mass is 35.5. The van der Waals surface area contributed by atoms with Crippen LogP contribution in [0.5, 0.6) is 5.75 Å². The lowest BCUT2D eigenvalue weighted by Crippen LogP contribution is -2.37. The van der Waals surface area contributed by atoms with Crippen LogP contribution in [0.3, 0.4) is 0 Å². The number of ether oxygens (including phenoxy) is 1. The van der Waals surface area contributed by atoms with Crippen molar-refractivity contribution in [3.8, 4) is 5.75 Å². The number of carbonyl (C=O) groups excluding carboxylic acids is 2. The van der Waals surface area contributed by atoms with E-state index in [0.29, 0.717) is 21.5 Å². The minimum absolute atomic E-state index is 0.325. The molecule has 2 saturated heterocycles. The predicted molar refractivity (Wildman–Crippen MR) is 122 cm³/mol. The predicted octanol–water partition coefficient (Wildman–Crippen LogP) is 5.05. The summed E-state index contributed by atoms with van der Waals surface area (Å²) in [4.78, 5) is 34.2. The number of benzene rings is 3. The third-order valence-electron chi connectivity index (χ3n) is 5.67. The minimum atomic E-state index is -0.975. The Hall–Kier alpha value is -3.06. The Balaban J connectivity index is 1.60. The lowest BCUT2D eigenvalue weighted by Gasteiger charge is -2.29. The first-order valence-corrected chi connectivity index (χ1v) is 10.7. The summed E-state index contributed by atoms with van der Waals surface area (Å²) in [6.07, 6.45) is -0.975. The summed E-state index contributed by atoms with van der Waals surface area (Å²) in [6, 6.07) is 20.9. The van der Waals surface area contributed by atoms with E-state index in [9.17, 15) is 9.59 Å². The van der Waals surface area contributed by atoms with Gasteiger partial charge in [-0.3, -0.25) is 14.4 Å². The molecule has 3 atom stereocenters. The molecule has 2 aliphatic rings. The first kappa shape index (κ1) is 20.8. The van der Waals surface area contributed by atoms with Crippen LogP contribution < -0.4 is 14.7 Å². The van der Waals surface area contributed by atoms with Crippen molar-refractivity contribution < 1.29 is 19.2 Å². The normalized spacial score (nSPS) is 22.4. The van der Waals surface area contributed by atoms with Crippen LogP contribution in [-0.2, 0) is 14.4 Å². The second-order valence-corrected chi connectivity index (χ2v) is 8.45. The van der Waals surface area contributed by atoms with Crippen LogP contribution in [0.25, 0.3) is 0 Å². The number of fused-ring (bicyclic) bond motifs is 1. The molecule has 8 heteroatoms. The standard InChI is InChI=1S/C24H18Cl2N2O4/c1-31-19-9-5-6-14(10-19)21-20-22(32-28(21)17-7-3-2-4-8-17)24(30)27(23(20)29)18-12-15(25)11-16(26)13-18/h2-13,20-22H,1H3/t20-,21+,22-/m1/s1. The molecule has 5 rings (SSSR count). The fourth-order valence-corrected chi connectivity index (χ4v) is 4.82. The molecular formula is C24H18Cl2N2O4. The number of methoxy groups -OCH3 is 1. The summed E-state index contributed by atoms with van der Waals surface area (Å²) in [5.74, 6) is -0.934.